The van der Waals surface area contributed by atoms with Crippen LogP contribution in [0, 0.1) is 11.3 Å². The van der Waals surface area contributed by atoms with Crippen molar-refractivity contribution in [1.29, 1.82) is 5.26 Å². The topological polar surface area (TPSA) is 53.2 Å². The van der Waals surface area contributed by atoms with Crippen LogP contribution in [0.2, 0.25) is 0 Å². The van der Waals surface area contributed by atoms with Crippen molar-refractivity contribution in [3.05, 3.63) is 29.8 Å². The number of nitrogens with zero attached hydrogens (tertiary/aromatic N) is 1. The summed E-state index contributed by atoms with van der Waals surface area (Å²) in [6.07, 6.45) is 0.252. The van der Waals surface area contributed by atoms with Crippen molar-refractivity contribution in [3.8, 4) is 11.8 Å². The van der Waals surface area contributed by atoms with Gasteiger partial charge in [0, 0.05) is 0 Å². The second kappa shape index (κ2) is 5.25. The Kier molecular flexibility index (Phi) is 3.96. The van der Waals surface area contributed by atoms with Crippen LogP contribution in [0.1, 0.15) is 18.9 Å². The lowest BCUT2D eigenvalue weighted by atomic mass is 10.2. The molecule has 0 amide bonds. The van der Waals surface area contributed by atoms with Crippen molar-refractivity contribution >= 4 is 0 Å². The summed E-state index contributed by atoms with van der Waals surface area (Å²) in [5.74, 6) is 0.677. The lowest BCUT2D eigenvalue weighted by Crippen LogP contribution is -2.15. The Hall–Kier alpha value is -1.53. The molecule has 1 aromatic carbocycles. The van der Waals surface area contributed by atoms with Gasteiger partial charge in [0.1, 0.15) is 12.4 Å². The quantitative estimate of drug-likeness (QED) is 0.788. The van der Waals surface area contributed by atoms with Gasteiger partial charge in [-0.25, -0.2) is 0 Å². The van der Waals surface area contributed by atoms with Crippen LogP contribution in [-0.4, -0.2) is 17.8 Å². The number of nitriles is 1. The summed E-state index contributed by atoms with van der Waals surface area (Å²) in [5.41, 5.74) is 0.605. The third-order valence-corrected chi connectivity index (χ3v) is 1.90. The molecule has 0 fully saturated rings. The van der Waals surface area contributed by atoms with Crippen molar-refractivity contribution in [2.24, 2.45) is 0 Å². The maximum Gasteiger partial charge on any atom is 0.119 e. The van der Waals surface area contributed by atoms with Crippen LogP contribution in [0.4, 0.5) is 0 Å². The van der Waals surface area contributed by atoms with E-state index >= 15 is 0 Å². The molecule has 0 radical (unpaired) electrons. The fraction of sp³-hybridized carbons (Fsp3) is 0.364. The number of rotatable bonds is 4. The maximum absolute atomic E-state index is 9.24. The van der Waals surface area contributed by atoms with Gasteiger partial charge < -0.3 is 9.84 Å². The highest BCUT2D eigenvalue weighted by atomic mass is 16.5. The SMILES string of the molecule is CC[C@H](O)COc1ccc(C#N)cc1. The van der Waals surface area contributed by atoms with Gasteiger partial charge in [0.15, 0.2) is 0 Å². The van der Waals surface area contributed by atoms with Gasteiger partial charge in [-0.2, -0.15) is 5.26 Å². The van der Waals surface area contributed by atoms with Crippen LogP contribution in [0.15, 0.2) is 24.3 Å². The summed E-state index contributed by atoms with van der Waals surface area (Å²) in [4.78, 5) is 0. The van der Waals surface area contributed by atoms with E-state index < -0.39 is 6.10 Å². The third-order valence-electron chi connectivity index (χ3n) is 1.90. The van der Waals surface area contributed by atoms with E-state index in [4.69, 9.17) is 10.00 Å². The number of ether oxygens (including phenoxy) is 1. The monoisotopic (exact) mass is 191 g/mol. The Morgan fingerprint density at radius 3 is 2.57 bits per heavy atom. The zero-order chi connectivity index (χ0) is 10.4. The summed E-state index contributed by atoms with van der Waals surface area (Å²) < 4.78 is 5.30. The first-order chi connectivity index (χ1) is 6.76. The van der Waals surface area contributed by atoms with Crippen LogP contribution in [0.5, 0.6) is 5.75 Å². The highest BCUT2D eigenvalue weighted by Gasteiger charge is 2.01. The number of hydrogen-bond donors (Lipinski definition) is 1. The van der Waals surface area contributed by atoms with E-state index in [-0.39, 0.29) is 0 Å². The lowest BCUT2D eigenvalue weighted by molar-refractivity contribution is 0.104. The molecule has 0 unspecified atom stereocenters. The molecule has 0 bridgehead atoms. The lowest BCUT2D eigenvalue weighted by Gasteiger charge is -2.09. The van der Waals surface area contributed by atoms with Crippen LogP contribution in [-0.2, 0) is 0 Å². The first kappa shape index (κ1) is 10.6. The molecule has 14 heavy (non-hydrogen) atoms. The molecule has 3 nitrogen and oxygen atoms in total. The second-order valence-corrected chi connectivity index (χ2v) is 3.01. The zero-order valence-electron chi connectivity index (χ0n) is 8.10. The third kappa shape index (κ3) is 3.08. The predicted octanol–water partition coefficient (Wildman–Crippen LogP) is 1.71. The van der Waals surface area contributed by atoms with Gasteiger partial charge >= 0.3 is 0 Å². The fourth-order valence-corrected chi connectivity index (χ4v) is 0.936. The van der Waals surface area contributed by atoms with Gasteiger partial charge in [0.05, 0.1) is 17.7 Å². The summed E-state index contributed by atoms with van der Waals surface area (Å²) in [5, 5.41) is 17.8. The molecule has 1 atom stereocenters. The van der Waals surface area contributed by atoms with Gasteiger partial charge in [0.2, 0.25) is 0 Å². The van der Waals surface area contributed by atoms with Gasteiger partial charge in [-0.15, -0.1) is 0 Å². The molecule has 0 heterocycles. The van der Waals surface area contributed by atoms with Crippen molar-refractivity contribution < 1.29 is 9.84 Å². The molecule has 0 saturated heterocycles. The smallest absolute Gasteiger partial charge is 0.119 e. The van der Waals surface area contributed by atoms with Crippen LogP contribution < -0.4 is 4.74 Å². The molecule has 0 aliphatic heterocycles. The highest BCUT2D eigenvalue weighted by molar-refractivity contribution is 5.34. The molecular weight excluding hydrogens is 178 g/mol. The first-order valence-corrected chi connectivity index (χ1v) is 4.57. The number of benzene rings is 1. The molecule has 0 spiro atoms. The number of aliphatic hydroxyl groups is 1. The van der Waals surface area contributed by atoms with Gasteiger partial charge in [0.25, 0.3) is 0 Å². The largest absolute Gasteiger partial charge is 0.491 e. The Morgan fingerprint density at radius 1 is 1.43 bits per heavy atom. The molecule has 0 saturated carbocycles. The highest BCUT2D eigenvalue weighted by Crippen LogP contribution is 2.11. The molecule has 0 aromatic heterocycles. The van der Waals surface area contributed by atoms with Gasteiger partial charge in [-0.05, 0) is 30.7 Å². The minimum atomic E-state index is -0.425. The molecule has 3 heteroatoms. The first-order valence-electron chi connectivity index (χ1n) is 4.57. The summed E-state index contributed by atoms with van der Waals surface area (Å²) >= 11 is 0. The average molecular weight is 191 g/mol. The molecule has 0 aliphatic rings. The van der Waals surface area contributed by atoms with Gasteiger partial charge in [-0.1, -0.05) is 6.92 Å². The van der Waals surface area contributed by atoms with Crippen molar-refractivity contribution in [2.45, 2.75) is 19.4 Å². The molecule has 1 rings (SSSR count). The molecular formula is C11H13NO2. The minimum Gasteiger partial charge on any atom is -0.491 e. The van der Waals surface area contributed by atoms with E-state index in [1.807, 2.05) is 13.0 Å². The maximum atomic E-state index is 9.24. The minimum absolute atomic E-state index is 0.294. The van der Waals surface area contributed by atoms with Gasteiger partial charge in [-0.3, -0.25) is 0 Å². The molecule has 0 aliphatic carbocycles. The van der Waals surface area contributed by atoms with E-state index in [9.17, 15) is 5.11 Å². The Balaban J connectivity index is 2.49. The summed E-state index contributed by atoms with van der Waals surface area (Å²) in [6, 6.07) is 8.85. The van der Waals surface area contributed by atoms with E-state index in [0.717, 1.165) is 0 Å². The van der Waals surface area contributed by atoms with E-state index in [1.165, 1.54) is 0 Å². The van der Waals surface area contributed by atoms with E-state index in [0.29, 0.717) is 24.3 Å². The van der Waals surface area contributed by atoms with E-state index in [2.05, 4.69) is 0 Å². The summed E-state index contributed by atoms with van der Waals surface area (Å²) in [7, 11) is 0. The fourth-order valence-electron chi connectivity index (χ4n) is 0.936. The molecule has 74 valence electrons. The van der Waals surface area contributed by atoms with Crippen LogP contribution in [0.25, 0.3) is 0 Å². The molecule has 1 N–H and O–H groups in total. The van der Waals surface area contributed by atoms with E-state index in [1.54, 1.807) is 24.3 Å². The predicted molar refractivity (Wildman–Crippen MR) is 52.9 cm³/mol. The summed E-state index contributed by atoms with van der Waals surface area (Å²) in [6.45, 7) is 2.19. The average Bonchev–Trinajstić information content (AvgIpc) is 2.26. The Labute approximate surface area is 83.6 Å². The Morgan fingerprint density at radius 2 is 2.07 bits per heavy atom. The Bertz CT molecular complexity index is 313. The second-order valence-electron chi connectivity index (χ2n) is 3.01. The van der Waals surface area contributed by atoms with Crippen molar-refractivity contribution in [2.75, 3.05) is 6.61 Å². The van der Waals surface area contributed by atoms with Crippen LogP contribution >= 0.6 is 0 Å². The van der Waals surface area contributed by atoms with Crippen molar-refractivity contribution in [1.82, 2.24) is 0 Å². The number of hydrogen-bond acceptors (Lipinski definition) is 3. The van der Waals surface area contributed by atoms with Crippen molar-refractivity contribution in [3.63, 3.8) is 0 Å². The molecule has 1 aromatic rings. The zero-order valence-corrected chi connectivity index (χ0v) is 8.10. The number of aliphatic hydroxyl groups excluding tert-OH is 1. The van der Waals surface area contributed by atoms with Crippen LogP contribution in [0.3, 0.4) is 0 Å². The standard InChI is InChI=1S/C11H13NO2/c1-2-10(13)8-14-11-5-3-9(7-12)4-6-11/h3-6,10,13H,2,8H2,1H3/t10-/m0/s1. The normalized spacial score (nSPS) is 11.8.